The van der Waals surface area contributed by atoms with Gasteiger partial charge in [0.25, 0.3) is 0 Å². The minimum absolute atomic E-state index is 0.469. The minimum Gasteiger partial charge on any atom is -0.496 e. The van der Waals surface area contributed by atoms with Crippen LogP contribution in [0.5, 0.6) is 5.75 Å². The molecule has 182 valence electrons. The number of hydrogen-bond acceptors (Lipinski definition) is 8. The van der Waals surface area contributed by atoms with E-state index in [1.807, 2.05) is 28.9 Å². The molecule has 0 radical (unpaired) electrons. The van der Waals surface area contributed by atoms with Gasteiger partial charge in [0, 0.05) is 50.0 Å². The van der Waals surface area contributed by atoms with Gasteiger partial charge >= 0.3 is 0 Å². The Bertz CT molecular complexity index is 1370. The molecule has 35 heavy (non-hydrogen) atoms. The number of nitrogens with zero attached hydrogens (tertiary/aromatic N) is 6. The van der Waals surface area contributed by atoms with Gasteiger partial charge in [-0.15, -0.1) is 5.10 Å². The van der Waals surface area contributed by atoms with Crippen molar-refractivity contribution in [3.63, 3.8) is 0 Å². The van der Waals surface area contributed by atoms with Crippen molar-refractivity contribution in [1.29, 1.82) is 0 Å². The summed E-state index contributed by atoms with van der Waals surface area (Å²) in [6.07, 6.45) is 10.5. The fourth-order valence-electron chi connectivity index (χ4n) is 4.45. The zero-order chi connectivity index (χ0) is 24.4. The molecule has 0 aliphatic heterocycles. The molecule has 3 heterocycles. The zero-order valence-corrected chi connectivity index (χ0v) is 20.0. The summed E-state index contributed by atoms with van der Waals surface area (Å²) in [4.78, 5) is 8.84. The maximum atomic E-state index is 10.3. The van der Waals surface area contributed by atoms with Crippen molar-refractivity contribution in [3.05, 3.63) is 59.7 Å². The first-order valence-corrected chi connectivity index (χ1v) is 11.7. The smallest absolute Gasteiger partial charge is 0.137 e. The predicted octanol–water partition coefficient (Wildman–Crippen LogP) is 2.29. The summed E-state index contributed by atoms with van der Waals surface area (Å²) in [6, 6.07) is 7.66. The van der Waals surface area contributed by atoms with Crippen LogP contribution in [0.2, 0.25) is 0 Å². The number of ether oxygens (including phenoxy) is 1. The Morgan fingerprint density at radius 1 is 1.23 bits per heavy atom. The van der Waals surface area contributed by atoms with Crippen LogP contribution in [0.15, 0.2) is 47.8 Å². The molecule has 3 aromatic heterocycles. The highest BCUT2D eigenvalue weighted by Crippen LogP contribution is 2.34. The molecule has 1 saturated carbocycles. The molecule has 5 rings (SSSR count). The number of fused-ring (bicyclic) bond motifs is 1. The molecule has 0 saturated heterocycles. The molecule has 10 heteroatoms. The standard InChI is InChI=1S/C25H30N8O2/c1-27-11-19-20(26)5-6-22(35-2)24(19)21-15-33(31-30-21)14-18-13-32-12-17(4-7-23(32)29-18)10-28-16-25(34)8-3-9-25/h4-7,11-13,15,28,34H,3,8-10,14,16,26H2,1-2H3/b27-11-. The molecule has 1 fully saturated rings. The van der Waals surface area contributed by atoms with Crippen LogP contribution in [0.25, 0.3) is 16.9 Å². The van der Waals surface area contributed by atoms with E-state index in [1.165, 1.54) is 0 Å². The summed E-state index contributed by atoms with van der Waals surface area (Å²) in [7, 11) is 3.31. The molecule has 1 aromatic carbocycles. The second-order valence-electron chi connectivity index (χ2n) is 9.05. The number of benzene rings is 1. The topological polar surface area (TPSA) is 128 Å². The predicted molar refractivity (Wildman–Crippen MR) is 135 cm³/mol. The third-order valence-electron chi connectivity index (χ3n) is 6.47. The monoisotopic (exact) mass is 474 g/mol. The zero-order valence-electron chi connectivity index (χ0n) is 20.0. The number of aliphatic imine (C=N–C) groups is 1. The summed E-state index contributed by atoms with van der Waals surface area (Å²) in [5.41, 5.74) is 11.3. The Morgan fingerprint density at radius 2 is 2.09 bits per heavy atom. The Morgan fingerprint density at radius 3 is 2.83 bits per heavy atom. The van der Waals surface area contributed by atoms with Crippen molar-refractivity contribution in [3.8, 4) is 17.0 Å². The number of nitrogen functional groups attached to an aromatic ring is 1. The summed E-state index contributed by atoms with van der Waals surface area (Å²) in [6.45, 7) is 1.79. The van der Waals surface area contributed by atoms with E-state index in [-0.39, 0.29) is 0 Å². The Hall–Kier alpha value is -3.76. The van der Waals surface area contributed by atoms with Gasteiger partial charge in [0.15, 0.2) is 0 Å². The summed E-state index contributed by atoms with van der Waals surface area (Å²) in [5.74, 6) is 0.652. The van der Waals surface area contributed by atoms with Crippen LogP contribution in [0.3, 0.4) is 0 Å². The second-order valence-corrected chi connectivity index (χ2v) is 9.05. The Kier molecular flexibility index (Phi) is 6.23. The Labute approximate surface area is 203 Å². The van der Waals surface area contributed by atoms with Gasteiger partial charge in [-0.1, -0.05) is 11.3 Å². The van der Waals surface area contributed by atoms with E-state index >= 15 is 0 Å². The number of pyridine rings is 1. The van der Waals surface area contributed by atoms with Crippen LogP contribution in [0.4, 0.5) is 5.69 Å². The summed E-state index contributed by atoms with van der Waals surface area (Å²) < 4.78 is 9.30. The number of hydrogen-bond donors (Lipinski definition) is 3. The first-order valence-electron chi connectivity index (χ1n) is 11.7. The molecule has 4 aromatic rings. The quantitative estimate of drug-likeness (QED) is 0.251. The SMILES string of the molecule is C/N=C\c1c(N)ccc(OC)c1-c1cn(Cc2cn3cc(CNCC4(O)CCC4)ccc3n2)nn1. The van der Waals surface area contributed by atoms with Crippen molar-refractivity contribution in [2.24, 2.45) is 4.99 Å². The molecule has 10 nitrogen and oxygen atoms in total. The van der Waals surface area contributed by atoms with Crippen molar-refractivity contribution in [1.82, 2.24) is 29.7 Å². The Balaban J connectivity index is 1.33. The van der Waals surface area contributed by atoms with Crippen molar-refractivity contribution < 1.29 is 9.84 Å². The second kappa shape index (κ2) is 9.47. The molecular formula is C25H30N8O2. The number of anilines is 1. The third kappa shape index (κ3) is 4.75. The summed E-state index contributed by atoms with van der Waals surface area (Å²) in [5, 5.41) is 22.3. The number of rotatable bonds is 9. The van der Waals surface area contributed by atoms with E-state index in [0.717, 1.165) is 47.3 Å². The molecule has 0 amide bonds. The molecule has 4 N–H and O–H groups in total. The highest BCUT2D eigenvalue weighted by Gasteiger charge is 2.33. The third-order valence-corrected chi connectivity index (χ3v) is 6.47. The van der Waals surface area contributed by atoms with Crippen LogP contribution in [-0.2, 0) is 13.1 Å². The van der Waals surface area contributed by atoms with Crippen LogP contribution in [-0.4, -0.2) is 62.0 Å². The lowest BCUT2D eigenvalue weighted by Crippen LogP contribution is -2.45. The maximum absolute atomic E-state index is 10.3. The first-order chi connectivity index (χ1) is 17.0. The van der Waals surface area contributed by atoms with E-state index < -0.39 is 5.60 Å². The first kappa shape index (κ1) is 23.0. The van der Waals surface area contributed by atoms with Gasteiger partial charge in [-0.05, 0) is 43.0 Å². The van der Waals surface area contributed by atoms with E-state index in [4.69, 9.17) is 15.5 Å². The highest BCUT2D eigenvalue weighted by molar-refractivity contribution is 5.97. The van der Waals surface area contributed by atoms with Crippen LogP contribution >= 0.6 is 0 Å². The van der Waals surface area contributed by atoms with Gasteiger partial charge in [-0.3, -0.25) is 4.99 Å². The number of imidazole rings is 1. The lowest BCUT2D eigenvalue weighted by atomic mass is 9.80. The molecular weight excluding hydrogens is 444 g/mol. The fourth-order valence-corrected chi connectivity index (χ4v) is 4.45. The minimum atomic E-state index is -0.525. The maximum Gasteiger partial charge on any atom is 0.137 e. The van der Waals surface area contributed by atoms with Gasteiger partial charge in [-0.2, -0.15) is 0 Å². The van der Waals surface area contributed by atoms with Crippen molar-refractivity contribution in [2.75, 3.05) is 26.4 Å². The average molecular weight is 475 g/mol. The molecule has 0 unspecified atom stereocenters. The number of methoxy groups -OCH3 is 1. The lowest BCUT2D eigenvalue weighted by Gasteiger charge is -2.36. The van der Waals surface area contributed by atoms with Crippen LogP contribution in [0, 0.1) is 0 Å². The van der Waals surface area contributed by atoms with E-state index in [0.29, 0.717) is 36.8 Å². The number of nitrogens with one attached hydrogen (secondary N) is 1. The summed E-state index contributed by atoms with van der Waals surface area (Å²) >= 11 is 0. The number of nitrogens with two attached hydrogens (primary N) is 1. The number of aliphatic hydroxyl groups is 1. The molecule has 1 aliphatic carbocycles. The van der Waals surface area contributed by atoms with Crippen molar-refractivity contribution >= 4 is 17.5 Å². The van der Waals surface area contributed by atoms with Crippen LogP contribution < -0.4 is 15.8 Å². The van der Waals surface area contributed by atoms with E-state index in [2.05, 4.69) is 32.9 Å². The van der Waals surface area contributed by atoms with Gasteiger partial charge in [-0.25, -0.2) is 9.67 Å². The highest BCUT2D eigenvalue weighted by atomic mass is 16.5. The van der Waals surface area contributed by atoms with E-state index in [1.54, 1.807) is 31.1 Å². The average Bonchev–Trinajstić information content (AvgIpc) is 3.45. The van der Waals surface area contributed by atoms with Gasteiger partial charge < -0.3 is 25.3 Å². The molecule has 1 aliphatic rings. The van der Waals surface area contributed by atoms with Crippen LogP contribution in [0.1, 0.15) is 36.1 Å². The normalized spacial score (nSPS) is 15.1. The van der Waals surface area contributed by atoms with Gasteiger partial charge in [0.05, 0.1) is 36.7 Å². The number of aromatic nitrogens is 5. The van der Waals surface area contributed by atoms with Crippen molar-refractivity contribution in [2.45, 2.75) is 38.0 Å². The molecule has 0 bridgehead atoms. The van der Waals surface area contributed by atoms with Gasteiger partial charge in [0.2, 0.25) is 0 Å². The fraction of sp³-hybridized carbons (Fsp3) is 0.360. The van der Waals surface area contributed by atoms with Gasteiger partial charge in [0.1, 0.15) is 17.1 Å². The lowest BCUT2D eigenvalue weighted by molar-refractivity contribution is -0.0314. The van der Waals surface area contributed by atoms with E-state index in [9.17, 15) is 5.11 Å². The molecule has 0 atom stereocenters. The molecule has 0 spiro atoms. The largest absolute Gasteiger partial charge is 0.496 e.